The smallest absolute Gasteiger partial charge is 0.295 e. The number of benzene rings is 1. The number of fused-ring (bicyclic) bond motifs is 1. The van der Waals surface area contributed by atoms with Gasteiger partial charge in [0, 0.05) is 0 Å². The number of carbonyl (C=O) groups excluding carboxylic acids is 1. The fourth-order valence-electron chi connectivity index (χ4n) is 1.95. The molecule has 0 atom stereocenters. The van der Waals surface area contributed by atoms with E-state index in [-0.39, 0.29) is 17.4 Å². The van der Waals surface area contributed by atoms with Gasteiger partial charge in [0.25, 0.3) is 10.0 Å². The molecule has 98 valence electrons. The maximum atomic E-state index is 12.0. The van der Waals surface area contributed by atoms with Crippen LogP contribution < -0.4 is 10.0 Å². The van der Waals surface area contributed by atoms with Crippen LogP contribution in [0, 0.1) is 0 Å². The quantitative estimate of drug-likeness (QED) is 0.892. The van der Waals surface area contributed by atoms with E-state index in [0.717, 1.165) is 5.56 Å². The van der Waals surface area contributed by atoms with Gasteiger partial charge < -0.3 is 9.73 Å². The molecule has 6 nitrogen and oxygen atoms in total. The van der Waals surface area contributed by atoms with Crippen molar-refractivity contribution in [2.24, 2.45) is 0 Å². The van der Waals surface area contributed by atoms with Crippen molar-refractivity contribution >= 4 is 27.3 Å². The third kappa shape index (κ3) is 2.08. The van der Waals surface area contributed by atoms with Crippen molar-refractivity contribution in [2.75, 3.05) is 10.0 Å². The Balaban J connectivity index is 1.98. The standard InChI is InChI=1S/C12H10N2O4S/c15-10-7-8-3-1-4-9(12(8)13-10)14-19(16,17)11-5-2-6-18-11/h1-6,14H,7H2,(H,13,15). The number of furan rings is 1. The summed E-state index contributed by atoms with van der Waals surface area (Å²) in [5.74, 6) is -0.153. The number of hydrogen-bond acceptors (Lipinski definition) is 4. The molecule has 3 rings (SSSR count). The van der Waals surface area contributed by atoms with E-state index < -0.39 is 10.0 Å². The maximum Gasteiger partial charge on any atom is 0.295 e. The van der Waals surface area contributed by atoms with E-state index in [1.54, 1.807) is 18.2 Å². The van der Waals surface area contributed by atoms with Crippen LogP contribution in [-0.4, -0.2) is 14.3 Å². The topological polar surface area (TPSA) is 88.4 Å². The minimum atomic E-state index is -3.78. The molecular weight excluding hydrogens is 268 g/mol. The monoisotopic (exact) mass is 278 g/mol. The number of rotatable bonds is 3. The largest absolute Gasteiger partial charge is 0.451 e. The third-order valence-corrected chi connectivity index (χ3v) is 4.02. The van der Waals surface area contributed by atoms with Crippen molar-refractivity contribution < 1.29 is 17.6 Å². The summed E-state index contributed by atoms with van der Waals surface area (Å²) in [5.41, 5.74) is 1.60. The molecular formula is C12H10N2O4S. The number of nitrogens with one attached hydrogen (secondary N) is 2. The van der Waals surface area contributed by atoms with Crippen LogP contribution in [-0.2, 0) is 21.2 Å². The number of amides is 1. The van der Waals surface area contributed by atoms with Crippen molar-refractivity contribution in [3.8, 4) is 0 Å². The molecule has 1 aliphatic rings. The highest BCUT2D eigenvalue weighted by molar-refractivity contribution is 7.92. The fourth-order valence-corrected chi connectivity index (χ4v) is 2.95. The lowest BCUT2D eigenvalue weighted by Crippen LogP contribution is -2.13. The van der Waals surface area contributed by atoms with Gasteiger partial charge >= 0.3 is 0 Å². The highest BCUT2D eigenvalue weighted by atomic mass is 32.2. The fraction of sp³-hybridized carbons (Fsp3) is 0.0833. The van der Waals surface area contributed by atoms with Gasteiger partial charge in [0.15, 0.2) is 0 Å². The van der Waals surface area contributed by atoms with Crippen LogP contribution in [0.4, 0.5) is 11.4 Å². The molecule has 0 unspecified atom stereocenters. The molecule has 0 saturated carbocycles. The molecule has 1 amide bonds. The second-order valence-electron chi connectivity index (χ2n) is 4.10. The Morgan fingerprint density at radius 2 is 2.05 bits per heavy atom. The molecule has 1 aromatic carbocycles. The molecule has 1 aliphatic heterocycles. The van der Waals surface area contributed by atoms with Crippen LogP contribution in [0.25, 0.3) is 0 Å². The number of para-hydroxylation sites is 1. The first-order valence-electron chi connectivity index (χ1n) is 5.54. The molecule has 0 bridgehead atoms. The number of anilines is 2. The first kappa shape index (κ1) is 11.8. The molecule has 2 aromatic rings. The van der Waals surface area contributed by atoms with Crippen LogP contribution in [0.1, 0.15) is 5.56 Å². The van der Waals surface area contributed by atoms with E-state index in [0.29, 0.717) is 11.4 Å². The van der Waals surface area contributed by atoms with Gasteiger partial charge in [0.05, 0.1) is 24.1 Å². The van der Waals surface area contributed by atoms with E-state index in [9.17, 15) is 13.2 Å². The molecule has 19 heavy (non-hydrogen) atoms. The van der Waals surface area contributed by atoms with E-state index in [4.69, 9.17) is 4.42 Å². The number of hydrogen-bond donors (Lipinski definition) is 2. The number of sulfonamides is 1. The second kappa shape index (κ2) is 4.13. The molecule has 0 fully saturated rings. The van der Waals surface area contributed by atoms with Crippen molar-refractivity contribution in [3.63, 3.8) is 0 Å². The Hall–Kier alpha value is -2.28. The first-order valence-corrected chi connectivity index (χ1v) is 7.03. The van der Waals surface area contributed by atoms with Gasteiger partial charge in [-0.2, -0.15) is 8.42 Å². The summed E-state index contributed by atoms with van der Waals surface area (Å²) in [4.78, 5) is 11.3. The molecule has 0 spiro atoms. The average molecular weight is 278 g/mol. The summed E-state index contributed by atoms with van der Waals surface area (Å²) in [6.07, 6.45) is 1.54. The predicted octanol–water partition coefficient (Wildman–Crippen LogP) is 1.57. The van der Waals surface area contributed by atoms with Crippen LogP contribution in [0.15, 0.2) is 46.1 Å². The van der Waals surface area contributed by atoms with Crippen molar-refractivity contribution in [2.45, 2.75) is 11.5 Å². The van der Waals surface area contributed by atoms with Crippen molar-refractivity contribution in [1.82, 2.24) is 0 Å². The number of carbonyl (C=O) groups is 1. The van der Waals surface area contributed by atoms with Crippen molar-refractivity contribution in [1.29, 1.82) is 0 Å². The molecule has 0 aliphatic carbocycles. The zero-order valence-electron chi connectivity index (χ0n) is 9.71. The molecule has 2 heterocycles. The van der Waals surface area contributed by atoms with Gasteiger partial charge in [-0.25, -0.2) is 0 Å². The minimum absolute atomic E-state index is 0.153. The summed E-state index contributed by atoms with van der Waals surface area (Å²) in [7, 11) is -3.78. The normalized spacial score (nSPS) is 14.0. The van der Waals surface area contributed by atoms with Crippen LogP contribution in [0.3, 0.4) is 0 Å². The van der Waals surface area contributed by atoms with Gasteiger partial charge in [0.1, 0.15) is 0 Å². The second-order valence-corrected chi connectivity index (χ2v) is 5.72. The third-order valence-electron chi connectivity index (χ3n) is 2.77. The summed E-state index contributed by atoms with van der Waals surface area (Å²) in [6, 6.07) is 7.90. The molecule has 0 saturated heterocycles. The van der Waals surface area contributed by atoms with E-state index >= 15 is 0 Å². The Kier molecular flexibility index (Phi) is 2.56. The van der Waals surface area contributed by atoms with E-state index in [2.05, 4.69) is 10.0 Å². The average Bonchev–Trinajstić information content (AvgIpc) is 2.96. The minimum Gasteiger partial charge on any atom is -0.451 e. The van der Waals surface area contributed by atoms with Gasteiger partial charge in [-0.15, -0.1) is 0 Å². The SMILES string of the molecule is O=C1Cc2cccc(NS(=O)(=O)c3ccco3)c2N1. The summed E-state index contributed by atoms with van der Waals surface area (Å²) >= 11 is 0. The van der Waals surface area contributed by atoms with Gasteiger partial charge in [-0.1, -0.05) is 12.1 Å². The van der Waals surface area contributed by atoms with Crippen LogP contribution in [0.2, 0.25) is 0 Å². The first-order chi connectivity index (χ1) is 9.06. The summed E-state index contributed by atoms with van der Waals surface area (Å²) < 4.78 is 31.3. The molecule has 7 heteroatoms. The van der Waals surface area contributed by atoms with Gasteiger partial charge in [-0.05, 0) is 23.8 Å². The van der Waals surface area contributed by atoms with E-state index in [1.807, 2.05) is 0 Å². The summed E-state index contributed by atoms with van der Waals surface area (Å²) in [6.45, 7) is 0. The van der Waals surface area contributed by atoms with Crippen LogP contribution in [0.5, 0.6) is 0 Å². The van der Waals surface area contributed by atoms with Gasteiger partial charge in [-0.3, -0.25) is 9.52 Å². The highest BCUT2D eigenvalue weighted by Gasteiger charge is 2.24. The lowest BCUT2D eigenvalue weighted by Gasteiger charge is -2.10. The Labute approximate surface area is 109 Å². The van der Waals surface area contributed by atoms with Crippen LogP contribution >= 0.6 is 0 Å². The lowest BCUT2D eigenvalue weighted by molar-refractivity contribution is -0.115. The zero-order chi connectivity index (χ0) is 13.5. The lowest BCUT2D eigenvalue weighted by atomic mass is 10.1. The predicted molar refractivity (Wildman–Crippen MR) is 68.3 cm³/mol. The summed E-state index contributed by atoms with van der Waals surface area (Å²) in [5, 5.41) is 2.47. The van der Waals surface area contributed by atoms with Crippen molar-refractivity contribution in [3.05, 3.63) is 42.2 Å². The molecule has 1 aromatic heterocycles. The zero-order valence-corrected chi connectivity index (χ0v) is 10.5. The highest BCUT2D eigenvalue weighted by Crippen LogP contribution is 2.32. The van der Waals surface area contributed by atoms with Gasteiger partial charge in [0.2, 0.25) is 11.0 Å². The Morgan fingerprint density at radius 1 is 1.21 bits per heavy atom. The Morgan fingerprint density at radius 3 is 2.79 bits per heavy atom. The van der Waals surface area contributed by atoms with E-state index in [1.165, 1.54) is 18.4 Å². The molecule has 2 N–H and O–H groups in total. The maximum absolute atomic E-state index is 12.0. The Bertz CT molecular complexity index is 735. The molecule has 0 radical (unpaired) electrons.